The van der Waals surface area contributed by atoms with E-state index in [1.807, 2.05) is 68.4 Å². The lowest BCUT2D eigenvalue weighted by Crippen LogP contribution is -2.31. The maximum atomic E-state index is 14.2. The zero-order valence-corrected chi connectivity index (χ0v) is 31.8. The lowest BCUT2D eigenvalue weighted by atomic mass is 9.94. The van der Waals surface area contributed by atoms with Crippen molar-refractivity contribution in [1.29, 1.82) is 0 Å². The van der Waals surface area contributed by atoms with E-state index in [1.54, 1.807) is 36.1 Å². The largest absolute Gasteiger partial charge is 0.495 e. The quantitative estimate of drug-likeness (QED) is 0.120. The van der Waals surface area contributed by atoms with Crippen LogP contribution < -0.4 is 24.8 Å². The summed E-state index contributed by atoms with van der Waals surface area (Å²) in [6.45, 7) is 4.27. The first kappa shape index (κ1) is 35.9. The third kappa shape index (κ3) is 7.87. The first-order valence-corrected chi connectivity index (χ1v) is 18.4. The molecule has 0 saturated heterocycles. The minimum absolute atomic E-state index is 0.173. The zero-order chi connectivity index (χ0) is 35.4. The molecule has 258 valence electrons. The Morgan fingerprint density at radius 3 is 2.52 bits per heavy atom. The number of carbonyl (C=O) groups is 1. The molecule has 5 aromatic rings. The molecular formula is C36H31BrCl3N5O4S. The second kappa shape index (κ2) is 16.0. The molecule has 0 aliphatic carbocycles. The van der Waals surface area contributed by atoms with Crippen molar-refractivity contribution in [2.45, 2.75) is 37.4 Å². The summed E-state index contributed by atoms with van der Waals surface area (Å²) in [5, 5.41) is 13.4. The summed E-state index contributed by atoms with van der Waals surface area (Å²) in [5.41, 5.74) is 3.99. The highest BCUT2D eigenvalue weighted by atomic mass is 79.9. The molecule has 1 aromatic heterocycles. The first-order valence-electron chi connectivity index (χ1n) is 15.4. The second-order valence-electron chi connectivity index (χ2n) is 11.1. The molecule has 0 fully saturated rings. The monoisotopic (exact) mass is 813 g/mol. The highest BCUT2D eigenvalue weighted by Crippen LogP contribution is 2.44. The number of carbonyl (C=O) groups excluding carboxylic acids is 1. The molecule has 4 aromatic carbocycles. The summed E-state index contributed by atoms with van der Waals surface area (Å²) in [4.78, 5) is 19.0. The highest BCUT2D eigenvalue weighted by Gasteiger charge is 2.36. The normalized spacial score (nSPS) is 13.8. The molecule has 6 rings (SSSR count). The van der Waals surface area contributed by atoms with Gasteiger partial charge >= 0.3 is 0 Å². The Bertz CT molecular complexity index is 2090. The van der Waals surface area contributed by atoms with Gasteiger partial charge < -0.3 is 24.8 Å². The van der Waals surface area contributed by atoms with Crippen LogP contribution in [0.25, 0.3) is 0 Å². The molecule has 1 unspecified atom stereocenters. The van der Waals surface area contributed by atoms with E-state index in [2.05, 4.69) is 26.6 Å². The van der Waals surface area contributed by atoms with Crippen LogP contribution in [0.4, 0.5) is 11.6 Å². The zero-order valence-electron chi connectivity index (χ0n) is 27.1. The van der Waals surface area contributed by atoms with E-state index >= 15 is 0 Å². The summed E-state index contributed by atoms with van der Waals surface area (Å²) >= 11 is 24.1. The molecule has 0 radical (unpaired) electrons. The standard InChI is InChI=1S/C36H31BrCl3N5O4S/c1-4-48-30-16-23(15-25(37)33(30)49-18-21-13-14-24(38)17-27(21)40)32-31(34(46)42-28-11-7-8-12-29(28)47-3)20(2)41-35-43-36(44-45(32)35)50-19-22-9-5-6-10-26(22)39/h5-17,32H,4,18-19H2,1-3H3,(H,42,46)(H,41,43,44). The van der Waals surface area contributed by atoms with Crippen LogP contribution in [0.2, 0.25) is 15.1 Å². The number of anilines is 2. The SMILES string of the molecule is CCOc1cc(C2C(C(=O)Nc3ccccc3OC)=C(C)Nc3nc(SCc4ccccc4Cl)nn32)cc(Br)c1OCc1ccc(Cl)cc1Cl. The fraction of sp³-hybridized carbons (Fsp3) is 0.194. The van der Waals surface area contributed by atoms with Crippen molar-refractivity contribution < 1.29 is 19.0 Å². The topological polar surface area (TPSA) is 99.5 Å². The Morgan fingerprint density at radius 2 is 1.76 bits per heavy atom. The Hall–Kier alpha value is -3.87. The Balaban J connectivity index is 1.40. The number of fused-ring (bicyclic) bond motifs is 1. The fourth-order valence-electron chi connectivity index (χ4n) is 5.43. The van der Waals surface area contributed by atoms with Crippen molar-refractivity contribution in [2.24, 2.45) is 0 Å². The van der Waals surface area contributed by atoms with Gasteiger partial charge in [0.2, 0.25) is 11.1 Å². The van der Waals surface area contributed by atoms with Gasteiger partial charge in [0, 0.05) is 32.1 Å². The van der Waals surface area contributed by atoms with Gasteiger partial charge in [-0.3, -0.25) is 4.79 Å². The number of thioether (sulfide) groups is 1. The average Bonchev–Trinajstić information content (AvgIpc) is 3.50. The number of aromatic nitrogens is 3. The number of hydrogen-bond acceptors (Lipinski definition) is 8. The predicted molar refractivity (Wildman–Crippen MR) is 203 cm³/mol. The lowest BCUT2D eigenvalue weighted by Gasteiger charge is -2.29. The number of amides is 1. The number of hydrogen-bond donors (Lipinski definition) is 2. The number of ether oxygens (including phenoxy) is 3. The van der Waals surface area contributed by atoms with Gasteiger partial charge in [0.05, 0.1) is 29.4 Å². The number of nitrogens with zero attached hydrogens (tertiary/aromatic N) is 3. The third-order valence-corrected chi connectivity index (χ3v) is 10.2. The lowest BCUT2D eigenvalue weighted by molar-refractivity contribution is -0.113. The number of rotatable bonds is 12. The van der Waals surface area contributed by atoms with Crippen molar-refractivity contribution in [3.63, 3.8) is 0 Å². The van der Waals surface area contributed by atoms with Crippen molar-refractivity contribution in [1.82, 2.24) is 14.8 Å². The minimum Gasteiger partial charge on any atom is -0.495 e. The van der Waals surface area contributed by atoms with E-state index in [-0.39, 0.29) is 12.5 Å². The van der Waals surface area contributed by atoms with E-state index in [0.29, 0.717) is 82.8 Å². The fourth-order valence-corrected chi connectivity index (χ4v) is 7.58. The van der Waals surface area contributed by atoms with Gasteiger partial charge in [-0.1, -0.05) is 83.0 Å². The molecule has 1 aliphatic heterocycles. The van der Waals surface area contributed by atoms with Gasteiger partial charge in [-0.25, -0.2) is 4.68 Å². The second-order valence-corrected chi connectivity index (χ2v) is 14.1. The summed E-state index contributed by atoms with van der Waals surface area (Å²) < 4.78 is 20.2. The van der Waals surface area contributed by atoms with Crippen LogP contribution in [0, 0.1) is 0 Å². The van der Waals surface area contributed by atoms with Crippen LogP contribution in [0.1, 0.15) is 36.6 Å². The molecule has 1 aliphatic rings. The average molecular weight is 816 g/mol. The molecule has 1 amide bonds. The molecule has 14 heteroatoms. The molecule has 2 N–H and O–H groups in total. The number of para-hydroxylation sites is 2. The third-order valence-electron chi connectivity index (χ3n) is 7.78. The van der Waals surface area contributed by atoms with Crippen LogP contribution in [0.3, 0.4) is 0 Å². The minimum atomic E-state index is -0.710. The van der Waals surface area contributed by atoms with E-state index < -0.39 is 6.04 Å². The summed E-state index contributed by atoms with van der Waals surface area (Å²) in [6.07, 6.45) is 0. The van der Waals surface area contributed by atoms with Gasteiger partial charge in [-0.15, -0.1) is 5.10 Å². The molecule has 50 heavy (non-hydrogen) atoms. The molecule has 0 spiro atoms. The number of methoxy groups -OCH3 is 1. The van der Waals surface area contributed by atoms with Crippen molar-refractivity contribution in [2.75, 3.05) is 24.4 Å². The van der Waals surface area contributed by atoms with E-state index in [0.717, 1.165) is 11.1 Å². The summed E-state index contributed by atoms with van der Waals surface area (Å²) in [7, 11) is 1.56. The smallest absolute Gasteiger partial charge is 0.255 e. The molecule has 0 saturated carbocycles. The Kier molecular flexibility index (Phi) is 11.5. The van der Waals surface area contributed by atoms with Gasteiger partial charge in [-0.2, -0.15) is 4.98 Å². The van der Waals surface area contributed by atoms with Crippen LogP contribution >= 0.6 is 62.5 Å². The van der Waals surface area contributed by atoms with Crippen LogP contribution in [0.15, 0.2) is 99.8 Å². The van der Waals surface area contributed by atoms with Gasteiger partial charge in [0.1, 0.15) is 18.4 Å². The van der Waals surface area contributed by atoms with Crippen LogP contribution in [-0.2, 0) is 17.2 Å². The predicted octanol–water partition coefficient (Wildman–Crippen LogP) is 10.2. The number of halogens is 4. The maximum absolute atomic E-state index is 14.2. The van der Waals surface area contributed by atoms with E-state index in [1.165, 1.54) is 11.8 Å². The van der Waals surface area contributed by atoms with Crippen molar-refractivity contribution >= 4 is 80.0 Å². The van der Waals surface area contributed by atoms with E-state index in [4.69, 9.17) is 59.1 Å². The van der Waals surface area contributed by atoms with Crippen molar-refractivity contribution in [3.05, 3.63) is 126 Å². The number of allylic oxidation sites excluding steroid dienone is 1. The van der Waals surface area contributed by atoms with Crippen LogP contribution in [-0.4, -0.2) is 34.4 Å². The number of benzene rings is 4. The van der Waals surface area contributed by atoms with Gasteiger partial charge in [-0.05, 0) is 83.4 Å². The molecule has 2 heterocycles. The molecular weight excluding hydrogens is 785 g/mol. The van der Waals surface area contributed by atoms with Gasteiger partial charge in [0.15, 0.2) is 11.5 Å². The first-order chi connectivity index (χ1) is 24.2. The number of nitrogens with one attached hydrogen (secondary N) is 2. The maximum Gasteiger partial charge on any atom is 0.255 e. The molecule has 0 bridgehead atoms. The molecule has 9 nitrogen and oxygen atoms in total. The van der Waals surface area contributed by atoms with E-state index in [9.17, 15) is 4.79 Å². The summed E-state index contributed by atoms with van der Waals surface area (Å²) in [5.74, 6) is 2.18. The van der Waals surface area contributed by atoms with Gasteiger partial charge in [0.25, 0.3) is 5.91 Å². The Morgan fingerprint density at radius 1 is 0.980 bits per heavy atom. The highest BCUT2D eigenvalue weighted by molar-refractivity contribution is 9.10. The molecule has 1 atom stereocenters. The van der Waals surface area contributed by atoms with Crippen molar-refractivity contribution in [3.8, 4) is 17.2 Å². The Labute approximate surface area is 317 Å². The summed E-state index contributed by atoms with van der Waals surface area (Å²) in [6, 6.07) is 23.2. The van der Waals surface area contributed by atoms with Crippen LogP contribution in [0.5, 0.6) is 17.2 Å².